The summed E-state index contributed by atoms with van der Waals surface area (Å²) in [6.07, 6.45) is 4.47. The first kappa shape index (κ1) is 9.46. The first-order chi connectivity index (χ1) is 6.88. The molecule has 1 heterocycles. The minimum absolute atomic E-state index is 0.459. The molecule has 0 aromatic carbocycles. The molecule has 1 saturated carbocycles. The molecule has 0 bridgehead atoms. The summed E-state index contributed by atoms with van der Waals surface area (Å²) in [4.78, 5) is 4.22. The molecule has 3 heteroatoms. The summed E-state index contributed by atoms with van der Waals surface area (Å²) in [5.74, 6) is 0.965. The number of hydrogen-bond donors (Lipinski definition) is 1. The molecule has 1 aliphatic rings. The van der Waals surface area contributed by atoms with E-state index < -0.39 is 0 Å². The van der Waals surface area contributed by atoms with Crippen molar-refractivity contribution in [3.63, 3.8) is 0 Å². The zero-order chi connectivity index (χ0) is 9.80. The summed E-state index contributed by atoms with van der Waals surface area (Å²) < 4.78 is 5.49. The van der Waals surface area contributed by atoms with Gasteiger partial charge in [-0.3, -0.25) is 0 Å². The molecule has 0 atom stereocenters. The number of nitrogens with one attached hydrogen (secondary N) is 1. The van der Waals surface area contributed by atoms with Crippen LogP contribution < -0.4 is 5.32 Å². The lowest BCUT2D eigenvalue weighted by Crippen LogP contribution is -2.40. The Labute approximate surface area is 84.5 Å². The van der Waals surface area contributed by atoms with Gasteiger partial charge < -0.3 is 10.1 Å². The molecular weight excluding hydrogens is 176 g/mol. The van der Waals surface area contributed by atoms with Crippen LogP contribution in [0.25, 0.3) is 0 Å². The minimum atomic E-state index is 0.459. The average Bonchev–Trinajstić information content (AvgIpc) is 2.16. The van der Waals surface area contributed by atoms with Crippen LogP contribution in [0.1, 0.15) is 19.8 Å². The van der Waals surface area contributed by atoms with Crippen molar-refractivity contribution in [3.8, 4) is 0 Å². The minimum Gasteiger partial charge on any atom is -0.378 e. The second-order valence-electron chi connectivity index (χ2n) is 3.60. The highest BCUT2D eigenvalue weighted by Crippen LogP contribution is 2.25. The smallest absolute Gasteiger partial charge is 0.126 e. The van der Waals surface area contributed by atoms with Crippen LogP contribution in [0, 0.1) is 0 Å². The number of anilines is 1. The van der Waals surface area contributed by atoms with Crippen LogP contribution in [0.2, 0.25) is 0 Å². The molecular formula is C11H16N2O. The highest BCUT2D eigenvalue weighted by atomic mass is 16.5. The van der Waals surface area contributed by atoms with Crippen LogP contribution in [0.15, 0.2) is 24.4 Å². The number of rotatable bonds is 4. The fraction of sp³-hybridized carbons (Fsp3) is 0.545. The van der Waals surface area contributed by atoms with E-state index in [1.807, 2.05) is 25.1 Å². The molecule has 0 radical (unpaired) electrons. The Morgan fingerprint density at radius 1 is 1.50 bits per heavy atom. The van der Waals surface area contributed by atoms with E-state index in [4.69, 9.17) is 4.74 Å². The predicted octanol–water partition coefficient (Wildman–Crippen LogP) is 2.06. The molecule has 3 nitrogen and oxygen atoms in total. The van der Waals surface area contributed by atoms with E-state index in [9.17, 15) is 0 Å². The quantitative estimate of drug-likeness (QED) is 0.793. The highest BCUT2D eigenvalue weighted by Gasteiger charge is 2.29. The molecule has 1 aromatic heterocycles. The Hall–Kier alpha value is -1.09. The lowest BCUT2D eigenvalue weighted by Gasteiger charge is -2.35. The Kier molecular flexibility index (Phi) is 2.99. The molecule has 14 heavy (non-hydrogen) atoms. The number of hydrogen-bond acceptors (Lipinski definition) is 3. The van der Waals surface area contributed by atoms with E-state index in [1.165, 1.54) is 0 Å². The van der Waals surface area contributed by atoms with E-state index in [0.29, 0.717) is 12.1 Å². The van der Waals surface area contributed by atoms with Crippen molar-refractivity contribution >= 4 is 5.82 Å². The number of nitrogens with zero attached hydrogens (tertiary/aromatic N) is 1. The standard InChI is InChI=1S/C11H16N2O/c1-2-14-10-7-9(8-10)13-11-5-3-4-6-12-11/h3-6,9-10H,2,7-8H2,1H3,(H,12,13). The molecule has 0 unspecified atom stereocenters. The SMILES string of the molecule is CCOC1CC(Nc2ccccn2)C1. The fourth-order valence-corrected chi connectivity index (χ4v) is 1.71. The van der Waals surface area contributed by atoms with Crippen LogP contribution >= 0.6 is 0 Å². The first-order valence-electron chi connectivity index (χ1n) is 5.17. The Bertz CT molecular complexity index is 270. The summed E-state index contributed by atoms with van der Waals surface area (Å²) in [6, 6.07) is 6.46. The largest absolute Gasteiger partial charge is 0.378 e. The predicted molar refractivity (Wildman–Crippen MR) is 56.3 cm³/mol. The molecule has 1 aliphatic carbocycles. The van der Waals surface area contributed by atoms with Gasteiger partial charge in [0.2, 0.25) is 0 Å². The molecule has 0 aliphatic heterocycles. The van der Waals surface area contributed by atoms with Crippen LogP contribution in [0.4, 0.5) is 5.82 Å². The first-order valence-corrected chi connectivity index (χ1v) is 5.17. The van der Waals surface area contributed by atoms with Gasteiger partial charge in [0.25, 0.3) is 0 Å². The fourth-order valence-electron chi connectivity index (χ4n) is 1.71. The monoisotopic (exact) mass is 192 g/mol. The van der Waals surface area contributed by atoms with E-state index in [-0.39, 0.29) is 0 Å². The van der Waals surface area contributed by atoms with E-state index in [0.717, 1.165) is 25.3 Å². The third-order valence-electron chi connectivity index (χ3n) is 2.51. The number of pyridine rings is 1. The summed E-state index contributed by atoms with van der Waals surface area (Å²) >= 11 is 0. The van der Waals surface area contributed by atoms with Gasteiger partial charge in [0.1, 0.15) is 5.82 Å². The summed E-state index contributed by atoms with van der Waals surface area (Å²) in [5.41, 5.74) is 0. The van der Waals surface area contributed by atoms with Gasteiger partial charge in [-0.25, -0.2) is 4.98 Å². The Morgan fingerprint density at radius 3 is 3.00 bits per heavy atom. The third kappa shape index (κ3) is 2.23. The Morgan fingerprint density at radius 2 is 2.36 bits per heavy atom. The van der Waals surface area contributed by atoms with E-state index in [1.54, 1.807) is 6.20 Å². The summed E-state index contributed by atoms with van der Waals surface area (Å²) in [5, 5.41) is 3.38. The lowest BCUT2D eigenvalue weighted by molar-refractivity contribution is 0.00292. The molecule has 0 amide bonds. The van der Waals surface area contributed by atoms with Crippen molar-refractivity contribution in [1.82, 2.24) is 4.98 Å². The topological polar surface area (TPSA) is 34.1 Å². The maximum Gasteiger partial charge on any atom is 0.126 e. The number of aromatic nitrogens is 1. The molecule has 76 valence electrons. The molecule has 0 saturated heterocycles. The number of ether oxygens (including phenoxy) is 1. The van der Waals surface area contributed by atoms with Gasteiger partial charge in [0.05, 0.1) is 6.10 Å². The van der Waals surface area contributed by atoms with Crippen LogP contribution in [0.5, 0.6) is 0 Å². The van der Waals surface area contributed by atoms with Gasteiger partial charge in [-0.15, -0.1) is 0 Å². The maximum absolute atomic E-state index is 5.49. The van der Waals surface area contributed by atoms with E-state index >= 15 is 0 Å². The molecule has 2 rings (SSSR count). The van der Waals surface area contributed by atoms with E-state index in [2.05, 4.69) is 10.3 Å². The average molecular weight is 192 g/mol. The third-order valence-corrected chi connectivity index (χ3v) is 2.51. The summed E-state index contributed by atoms with van der Waals surface area (Å²) in [6.45, 7) is 2.86. The molecule has 1 aromatic rings. The van der Waals surface area contributed by atoms with Crippen molar-refractivity contribution in [1.29, 1.82) is 0 Å². The van der Waals surface area contributed by atoms with Crippen molar-refractivity contribution in [2.45, 2.75) is 31.9 Å². The second kappa shape index (κ2) is 4.42. The molecule has 1 fully saturated rings. The van der Waals surface area contributed by atoms with Gasteiger partial charge in [0.15, 0.2) is 0 Å². The van der Waals surface area contributed by atoms with Crippen molar-refractivity contribution in [2.24, 2.45) is 0 Å². The van der Waals surface area contributed by atoms with Crippen molar-refractivity contribution in [3.05, 3.63) is 24.4 Å². The highest BCUT2D eigenvalue weighted by molar-refractivity contribution is 5.35. The molecule has 1 N–H and O–H groups in total. The van der Waals surface area contributed by atoms with Gasteiger partial charge >= 0.3 is 0 Å². The van der Waals surface area contributed by atoms with Gasteiger partial charge in [-0.05, 0) is 31.9 Å². The zero-order valence-corrected chi connectivity index (χ0v) is 8.44. The zero-order valence-electron chi connectivity index (χ0n) is 8.44. The summed E-state index contributed by atoms with van der Waals surface area (Å²) in [7, 11) is 0. The van der Waals surface area contributed by atoms with Gasteiger partial charge in [0, 0.05) is 18.8 Å². The van der Waals surface area contributed by atoms with Crippen LogP contribution in [-0.2, 0) is 4.74 Å². The van der Waals surface area contributed by atoms with Crippen LogP contribution in [-0.4, -0.2) is 23.7 Å². The Balaban J connectivity index is 1.74. The maximum atomic E-state index is 5.49. The van der Waals surface area contributed by atoms with Gasteiger partial charge in [-0.1, -0.05) is 6.07 Å². The normalized spacial score (nSPS) is 25.5. The van der Waals surface area contributed by atoms with Crippen molar-refractivity contribution < 1.29 is 4.74 Å². The van der Waals surface area contributed by atoms with Crippen molar-refractivity contribution in [2.75, 3.05) is 11.9 Å². The molecule has 0 spiro atoms. The van der Waals surface area contributed by atoms with Gasteiger partial charge in [-0.2, -0.15) is 0 Å². The lowest BCUT2D eigenvalue weighted by atomic mass is 9.89. The second-order valence-corrected chi connectivity index (χ2v) is 3.60. The van der Waals surface area contributed by atoms with Crippen LogP contribution in [0.3, 0.4) is 0 Å².